The van der Waals surface area contributed by atoms with Gasteiger partial charge in [0.1, 0.15) is 5.54 Å². The van der Waals surface area contributed by atoms with Gasteiger partial charge in [0.25, 0.3) is 0 Å². The molecule has 1 heterocycles. The molecule has 4 nitrogen and oxygen atoms in total. The van der Waals surface area contributed by atoms with E-state index in [9.17, 15) is 9.59 Å². The van der Waals surface area contributed by atoms with Crippen LogP contribution < -0.4 is 5.32 Å². The molecule has 0 aromatic heterocycles. The summed E-state index contributed by atoms with van der Waals surface area (Å²) in [4.78, 5) is 23.7. The third-order valence-corrected chi connectivity index (χ3v) is 3.96. The van der Waals surface area contributed by atoms with Crippen LogP contribution in [-0.2, 0) is 14.3 Å². The minimum Gasteiger partial charge on any atom is -0.464 e. The van der Waals surface area contributed by atoms with Gasteiger partial charge in [-0.3, -0.25) is 4.79 Å². The van der Waals surface area contributed by atoms with Crippen LogP contribution in [-0.4, -0.2) is 24.0 Å². The monoisotopic (exact) mass is 239 g/mol. The summed E-state index contributed by atoms with van der Waals surface area (Å²) in [5.74, 6) is -0.0521. The Bertz CT molecular complexity index is 316. The maximum absolute atomic E-state index is 12.2. The van der Waals surface area contributed by atoms with Crippen molar-refractivity contribution < 1.29 is 14.3 Å². The molecule has 0 bridgehead atoms. The van der Waals surface area contributed by atoms with Crippen LogP contribution in [0.2, 0.25) is 0 Å². The highest BCUT2D eigenvalue weighted by Gasteiger charge is 2.54. The van der Waals surface area contributed by atoms with Crippen LogP contribution in [0.4, 0.5) is 0 Å². The number of ether oxygens (including phenoxy) is 1. The van der Waals surface area contributed by atoms with Crippen LogP contribution >= 0.6 is 0 Å². The second-order valence-corrected chi connectivity index (χ2v) is 5.16. The summed E-state index contributed by atoms with van der Waals surface area (Å²) in [6.45, 7) is 2.53. The largest absolute Gasteiger partial charge is 0.464 e. The summed E-state index contributed by atoms with van der Waals surface area (Å²) < 4.78 is 5.32. The first kappa shape index (κ1) is 12.4. The van der Waals surface area contributed by atoms with Crippen molar-refractivity contribution in [3.8, 4) is 0 Å². The molecule has 2 unspecified atom stereocenters. The Hall–Kier alpha value is -1.06. The van der Waals surface area contributed by atoms with E-state index in [4.69, 9.17) is 4.74 Å². The summed E-state index contributed by atoms with van der Waals surface area (Å²) in [5, 5.41) is 2.88. The summed E-state index contributed by atoms with van der Waals surface area (Å²) in [6, 6.07) is 0. The van der Waals surface area contributed by atoms with E-state index in [1.807, 2.05) is 0 Å². The van der Waals surface area contributed by atoms with Gasteiger partial charge in [0.2, 0.25) is 5.91 Å². The summed E-state index contributed by atoms with van der Waals surface area (Å²) in [6.07, 6.45) is 6.21. The molecule has 2 aliphatic rings. The van der Waals surface area contributed by atoms with Gasteiger partial charge >= 0.3 is 5.97 Å². The van der Waals surface area contributed by atoms with Crippen LogP contribution in [0.5, 0.6) is 0 Å². The van der Waals surface area contributed by atoms with Gasteiger partial charge in [-0.25, -0.2) is 4.79 Å². The Morgan fingerprint density at radius 1 is 1.53 bits per heavy atom. The quantitative estimate of drug-likeness (QED) is 0.601. The Balaban J connectivity index is 2.03. The van der Waals surface area contributed by atoms with Crippen molar-refractivity contribution in [2.45, 2.75) is 57.4 Å². The minimum atomic E-state index is -0.691. The molecule has 0 radical (unpaired) electrons. The summed E-state index contributed by atoms with van der Waals surface area (Å²) in [7, 11) is 0. The molecule has 1 saturated carbocycles. The number of rotatable bonds is 4. The van der Waals surface area contributed by atoms with E-state index in [0.29, 0.717) is 13.0 Å². The van der Waals surface area contributed by atoms with E-state index < -0.39 is 5.54 Å². The Kier molecular flexibility index (Phi) is 3.69. The standard InChI is InChI=1S/C13H21NO3/c1-2-3-8-17-12(16)13-7-5-4-6-10(13)9-11(15)14-13/h10H,2-9H2,1H3,(H,14,15). The topological polar surface area (TPSA) is 55.4 Å². The lowest BCUT2D eigenvalue weighted by Crippen LogP contribution is -2.55. The lowest BCUT2D eigenvalue weighted by Gasteiger charge is -2.36. The number of amides is 1. The second kappa shape index (κ2) is 5.07. The average molecular weight is 239 g/mol. The van der Waals surface area contributed by atoms with Crippen molar-refractivity contribution in [1.29, 1.82) is 0 Å². The van der Waals surface area contributed by atoms with E-state index in [0.717, 1.165) is 38.5 Å². The van der Waals surface area contributed by atoms with Crippen LogP contribution in [0.25, 0.3) is 0 Å². The maximum Gasteiger partial charge on any atom is 0.332 e. The summed E-state index contributed by atoms with van der Waals surface area (Å²) >= 11 is 0. The molecule has 2 atom stereocenters. The molecule has 96 valence electrons. The number of nitrogens with one attached hydrogen (secondary N) is 1. The molecule has 1 aliphatic carbocycles. The van der Waals surface area contributed by atoms with Crippen molar-refractivity contribution in [2.24, 2.45) is 5.92 Å². The SMILES string of the molecule is CCCCOC(=O)C12CCCCC1CC(=O)N2. The van der Waals surface area contributed by atoms with Gasteiger partial charge in [0.15, 0.2) is 0 Å². The highest BCUT2D eigenvalue weighted by atomic mass is 16.5. The molecule has 0 spiro atoms. The molecule has 0 aromatic rings. The maximum atomic E-state index is 12.2. The minimum absolute atomic E-state index is 0.00402. The number of hydrogen-bond acceptors (Lipinski definition) is 3. The van der Waals surface area contributed by atoms with Crippen molar-refractivity contribution >= 4 is 11.9 Å². The highest BCUT2D eigenvalue weighted by Crippen LogP contribution is 2.40. The number of fused-ring (bicyclic) bond motifs is 1. The fraction of sp³-hybridized carbons (Fsp3) is 0.846. The first-order valence-electron chi connectivity index (χ1n) is 6.67. The van der Waals surface area contributed by atoms with Gasteiger partial charge in [-0.1, -0.05) is 26.2 Å². The van der Waals surface area contributed by atoms with Gasteiger partial charge in [0, 0.05) is 12.3 Å². The van der Waals surface area contributed by atoms with E-state index >= 15 is 0 Å². The first-order chi connectivity index (χ1) is 8.19. The predicted octanol–water partition coefficient (Wildman–Crippen LogP) is 1.78. The first-order valence-corrected chi connectivity index (χ1v) is 6.67. The fourth-order valence-corrected chi connectivity index (χ4v) is 2.97. The van der Waals surface area contributed by atoms with Crippen LogP contribution in [0.1, 0.15) is 51.9 Å². The Morgan fingerprint density at radius 2 is 2.35 bits per heavy atom. The zero-order chi connectivity index (χ0) is 12.3. The second-order valence-electron chi connectivity index (χ2n) is 5.16. The number of hydrogen-bond donors (Lipinski definition) is 1. The van der Waals surface area contributed by atoms with Crippen molar-refractivity contribution in [3.63, 3.8) is 0 Å². The third-order valence-electron chi connectivity index (χ3n) is 3.96. The lowest BCUT2D eigenvalue weighted by atomic mass is 9.74. The molecule has 1 N–H and O–H groups in total. The molecule has 2 rings (SSSR count). The molecule has 1 aliphatic heterocycles. The van der Waals surface area contributed by atoms with E-state index in [1.165, 1.54) is 0 Å². The zero-order valence-corrected chi connectivity index (χ0v) is 10.5. The number of carbonyl (C=O) groups excluding carboxylic acids is 2. The van der Waals surface area contributed by atoms with E-state index in [2.05, 4.69) is 12.2 Å². The van der Waals surface area contributed by atoms with Gasteiger partial charge in [-0.05, 0) is 19.3 Å². The molecule has 1 saturated heterocycles. The number of carbonyl (C=O) groups is 2. The predicted molar refractivity (Wildman–Crippen MR) is 63.3 cm³/mol. The zero-order valence-electron chi connectivity index (χ0n) is 10.5. The molecule has 1 amide bonds. The van der Waals surface area contributed by atoms with Gasteiger partial charge < -0.3 is 10.1 Å². The Labute approximate surface area is 102 Å². The van der Waals surface area contributed by atoms with Crippen LogP contribution in [0.3, 0.4) is 0 Å². The molecule has 0 aromatic carbocycles. The highest BCUT2D eigenvalue weighted by molar-refractivity contribution is 5.92. The average Bonchev–Trinajstić information content (AvgIpc) is 2.66. The Morgan fingerprint density at radius 3 is 3.12 bits per heavy atom. The smallest absolute Gasteiger partial charge is 0.332 e. The van der Waals surface area contributed by atoms with E-state index in [1.54, 1.807) is 0 Å². The molecule has 2 fully saturated rings. The third kappa shape index (κ3) is 2.31. The molecule has 17 heavy (non-hydrogen) atoms. The van der Waals surface area contributed by atoms with Crippen LogP contribution in [0, 0.1) is 5.92 Å². The fourth-order valence-electron chi connectivity index (χ4n) is 2.97. The summed E-state index contributed by atoms with van der Waals surface area (Å²) in [5.41, 5.74) is -0.691. The normalized spacial score (nSPS) is 31.8. The number of esters is 1. The van der Waals surface area contributed by atoms with Crippen molar-refractivity contribution in [2.75, 3.05) is 6.61 Å². The van der Waals surface area contributed by atoms with Gasteiger partial charge in [-0.15, -0.1) is 0 Å². The molecular formula is C13H21NO3. The van der Waals surface area contributed by atoms with Crippen molar-refractivity contribution in [1.82, 2.24) is 5.32 Å². The van der Waals surface area contributed by atoms with Gasteiger partial charge in [0.05, 0.1) is 6.61 Å². The molecule has 4 heteroatoms. The molecular weight excluding hydrogens is 218 g/mol. The van der Waals surface area contributed by atoms with Gasteiger partial charge in [-0.2, -0.15) is 0 Å². The number of unbranched alkanes of at least 4 members (excludes halogenated alkanes) is 1. The lowest BCUT2D eigenvalue weighted by molar-refractivity contribution is -0.155. The van der Waals surface area contributed by atoms with Crippen molar-refractivity contribution in [3.05, 3.63) is 0 Å². The van der Waals surface area contributed by atoms with Crippen LogP contribution in [0.15, 0.2) is 0 Å². The van der Waals surface area contributed by atoms with E-state index in [-0.39, 0.29) is 17.8 Å².